The number of nitrogens with two attached hydrogens (primary N) is 1. The third kappa shape index (κ3) is 6.40. The van der Waals surface area contributed by atoms with Gasteiger partial charge in [-0.3, -0.25) is 4.79 Å². The molecule has 1 heterocycles. The molecule has 0 unspecified atom stereocenters. The van der Waals surface area contributed by atoms with Crippen LogP contribution in [0.2, 0.25) is 5.02 Å². The standard InChI is InChI=1S/C23H29ClFN3O5/c1-31-21-12-17(26)16(24)11-15(21)23(30)27-18-6-8-28(13-22(18)32-2)7-3-9-33-20-5-4-14(25)10-19(20)29/h4-5,10-12,18,22,29H,3,6-9,13,26H2,1-2H3,(H,27,30)/t18-,22+/m0/s1. The fourth-order valence-corrected chi connectivity index (χ4v) is 4.00. The Morgan fingerprint density at radius 2 is 2.09 bits per heavy atom. The van der Waals surface area contributed by atoms with Crippen LogP contribution in [0.4, 0.5) is 10.1 Å². The number of phenols is 1. The molecule has 33 heavy (non-hydrogen) atoms. The Morgan fingerprint density at radius 3 is 2.79 bits per heavy atom. The number of halogens is 2. The molecule has 0 aliphatic carbocycles. The third-order valence-corrected chi connectivity index (χ3v) is 5.95. The fourth-order valence-electron chi connectivity index (χ4n) is 3.83. The lowest BCUT2D eigenvalue weighted by molar-refractivity contribution is 0.00525. The number of phenolic OH excluding ortho intramolecular Hbond substituents is 1. The van der Waals surface area contributed by atoms with E-state index in [9.17, 15) is 14.3 Å². The SMILES string of the molecule is COc1cc(N)c(Cl)cc1C(=O)N[C@H]1CCN(CCCOc2ccc(F)cc2O)C[C@H]1OC. The predicted octanol–water partition coefficient (Wildman–Crippen LogP) is 3.06. The number of anilines is 1. The van der Waals surface area contributed by atoms with E-state index >= 15 is 0 Å². The van der Waals surface area contributed by atoms with Crippen molar-refractivity contribution < 1.29 is 28.5 Å². The van der Waals surface area contributed by atoms with Crippen LogP contribution in [0.5, 0.6) is 17.2 Å². The topological polar surface area (TPSA) is 106 Å². The highest BCUT2D eigenvalue weighted by atomic mass is 35.5. The number of hydrogen-bond donors (Lipinski definition) is 3. The summed E-state index contributed by atoms with van der Waals surface area (Å²) in [5.74, 6) is -0.427. The summed E-state index contributed by atoms with van der Waals surface area (Å²) in [6.45, 7) is 2.55. The first-order chi connectivity index (χ1) is 15.8. The second kappa shape index (κ2) is 11.4. The number of amides is 1. The highest BCUT2D eigenvalue weighted by Gasteiger charge is 2.31. The van der Waals surface area contributed by atoms with Crippen molar-refractivity contribution in [3.05, 3.63) is 46.7 Å². The summed E-state index contributed by atoms with van der Waals surface area (Å²) in [4.78, 5) is 15.1. The molecule has 8 nitrogen and oxygen atoms in total. The number of ether oxygens (including phenoxy) is 3. The second-order valence-electron chi connectivity index (χ2n) is 7.83. The molecule has 2 atom stereocenters. The number of hydrogen-bond acceptors (Lipinski definition) is 7. The van der Waals surface area contributed by atoms with E-state index in [1.807, 2.05) is 0 Å². The van der Waals surface area contributed by atoms with Crippen LogP contribution in [0, 0.1) is 5.82 Å². The Labute approximate surface area is 197 Å². The van der Waals surface area contributed by atoms with E-state index in [1.54, 1.807) is 7.11 Å². The van der Waals surface area contributed by atoms with Crippen LogP contribution in [0.25, 0.3) is 0 Å². The molecule has 180 valence electrons. The number of piperidine rings is 1. The molecule has 0 saturated carbocycles. The first kappa shape index (κ1) is 24.9. The van der Waals surface area contributed by atoms with Crippen molar-refractivity contribution in [3.8, 4) is 17.2 Å². The van der Waals surface area contributed by atoms with Crippen LogP contribution < -0.4 is 20.5 Å². The molecule has 1 aliphatic rings. The summed E-state index contributed by atoms with van der Waals surface area (Å²) in [7, 11) is 3.09. The average Bonchev–Trinajstić information content (AvgIpc) is 2.80. The maximum atomic E-state index is 13.1. The number of nitrogen functional groups attached to an aromatic ring is 1. The van der Waals surface area contributed by atoms with Crippen molar-refractivity contribution in [1.29, 1.82) is 0 Å². The van der Waals surface area contributed by atoms with Gasteiger partial charge in [-0.05, 0) is 31.0 Å². The first-order valence-electron chi connectivity index (χ1n) is 10.6. The van der Waals surface area contributed by atoms with Gasteiger partial charge in [0.15, 0.2) is 11.5 Å². The smallest absolute Gasteiger partial charge is 0.255 e. The van der Waals surface area contributed by atoms with Crippen LogP contribution in [0.1, 0.15) is 23.2 Å². The number of carbonyl (C=O) groups excluding carboxylic acids is 1. The maximum Gasteiger partial charge on any atom is 0.255 e. The van der Waals surface area contributed by atoms with Crippen molar-refractivity contribution in [2.24, 2.45) is 0 Å². The summed E-state index contributed by atoms with van der Waals surface area (Å²) >= 11 is 6.09. The van der Waals surface area contributed by atoms with Gasteiger partial charge in [0.05, 0.1) is 42.1 Å². The molecule has 0 bridgehead atoms. The molecule has 1 amide bonds. The number of nitrogens with one attached hydrogen (secondary N) is 1. The van der Waals surface area contributed by atoms with Crippen LogP contribution in [0.15, 0.2) is 30.3 Å². The van der Waals surface area contributed by atoms with Gasteiger partial charge < -0.3 is 35.3 Å². The number of aromatic hydroxyl groups is 1. The van der Waals surface area contributed by atoms with Gasteiger partial charge in [-0.25, -0.2) is 4.39 Å². The Bertz CT molecular complexity index is 977. The summed E-state index contributed by atoms with van der Waals surface area (Å²) in [6, 6.07) is 6.52. The lowest BCUT2D eigenvalue weighted by Gasteiger charge is -2.38. The Balaban J connectivity index is 1.50. The molecule has 3 rings (SSSR count). The number of likely N-dealkylation sites (tertiary alicyclic amines) is 1. The molecule has 1 aliphatic heterocycles. The minimum absolute atomic E-state index is 0.174. The molecule has 0 radical (unpaired) electrons. The van der Waals surface area contributed by atoms with Crippen LogP contribution in [0.3, 0.4) is 0 Å². The number of benzene rings is 2. The molecule has 2 aromatic carbocycles. The van der Waals surface area contributed by atoms with Gasteiger partial charge in [-0.15, -0.1) is 0 Å². The van der Waals surface area contributed by atoms with Crippen LogP contribution in [-0.4, -0.2) is 68.5 Å². The van der Waals surface area contributed by atoms with E-state index in [2.05, 4.69) is 10.2 Å². The van der Waals surface area contributed by atoms with E-state index in [4.69, 9.17) is 31.5 Å². The number of nitrogens with zero attached hydrogens (tertiary/aromatic N) is 1. The Hall–Kier alpha value is -2.75. The molecular weight excluding hydrogens is 453 g/mol. The van der Waals surface area contributed by atoms with Crippen molar-refractivity contribution in [3.63, 3.8) is 0 Å². The molecule has 1 fully saturated rings. The van der Waals surface area contributed by atoms with E-state index < -0.39 is 5.82 Å². The maximum absolute atomic E-state index is 13.1. The quantitative estimate of drug-likeness (QED) is 0.373. The molecule has 0 spiro atoms. The zero-order valence-electron chi connectivity index (χ0n) is 18.6. The van der Waals surface area contributed by atoms with Crippen LogP contribution >= 0.6 is 11.6 Å². The minimum Gasteiger partial charge on any atom is -0.504 e. The number of carbonyl (C=O) groups is 1. The normalized spacial score (nSPS) is 18.7. The Morgan fingerprint density at radius 1 is 1.30 bits per heavy atom. The fraction of sp³-hybridized carbons (Fsp3) is 0.435. The summed E-state index contributed by atoms with van der Waals surface area (Å²) in [6.07, 6.45) is 1.22. The average molecular weight is 482 g/mol. The van der Waals surface area contributed by atoms with Gasteiger partial charge in [0.1, 0.15) is 11.6 Å². The van der Waals surface area contributed by atoms with Gasteiger partial charge in [-0.2, -0.15) is 0 Å². The Kier molecular flexibility index (Phi) is 8.60. The first-order valence-corrected chi connectivity index (χ1v) is 11.0. The highest BCUT2D eigenvalue weighted by Crippen LogP contribution is 2.29. The van der Waals surface area contributed by atoms with Gasteiger partial charge >= 0.3 is 0 Å². The highest BCUT2D eigenvalue weighted by molar-refractivity contribution is 6.33. The third-order valence-electron chi connectivity index (χ3n) is 5.62. The molecule has 1 saturated heterocycles. The van der Waals surface area contributed by atoms with E-state index in [1.165, 1.54) is 31.4 Å². The molecule has 10 heteroatoms. The molecule has 4 N–H and O–H groups in total. The summed E-state index contributed by atoms with van der Waals surface area (Å²) in [5.41, 5.74) is 6.45. The number of methoxy groups -OCH3 is 2. The van der Waals surface area contributed by atoms with E-state index in [0.717, 1.165) is 19.2 Å². The zero-order valence-corrected chi connectivity index (χ0v) is 19.4. The zero-order chi connectivity index (χ0) is 24.0. The summed E-state index contributed by atoms with van der Waals surface area (Å²) in [5, 5.41) is 13.0. The molecular formula is C23H29ClFN3O5. The number of rotatable bonds is 9. The lowest BCUT2D eigenvalue weighted by atomic mass is 10.0. The van der Waals surface area contributed by atoms with E-state index in [0.29, 0.717) is 43.0 Å². The molecule has 2 aromatic rings. The largest absolute Gasteiger partial charge is 0.504 e. The van der Waals surface area contributed by atoms with Crippen LogP contribution in [-0.2, 0) is 4.74 Å². The van der Waals surface area contributed by atoms with Crippen molar-refractivity contribution in [1.82, 2.24) is 10.2 Å². The lowest BCUT2D eigenvalue weighted by Crippen LogP contribution is -2.55. The monoisotopic (exact) mass is 481 g/mol. The van der Waals surface area contributed by atoms with Crippen molar-refractivity contribution >= 4 is 23.2 Å². The minimum atomic E-state index is -0.515. The van der Waals surface area contributed by atoms with Crippen molar-refractivity contribution in [2.45, 2.75) is 25.0 Å². The second-order valence-corrected chi connectivity index (χ2v) is 8.24. The van der Waals surface area contributed by atoms with Crippen molar-refractivity contribution in [2.75, 3.05) is 46.2 Å². The van der Waals surface area contributed by atoms with Gasteiger partial charge in [0, 0.05) is 38.9 Å². The van der Waals surface area contributed by atoms with Gasteiger partial charge in [-0.1, -0.05) is 11.6 Å². The molecule has 0 aromatic heterocycles. The predicted molar refractivity (Wildman–Crippen MR) is 124 cm³/mol. The van der Waals surface area contributed by atoms with Gasteiger partial charge in [0.2, 0.25) is 0 Å². The van der Waals surface area contributed by atoms with E-state index in [-0.39, 0.29) is 34.6 Å². The van der Waals surface area contributed by atoms with Gasteiger partial charge in [0.25, 0.3) is 5.91 Å². The summed E-state index contributed by atoms with van der Waals surface area (Å²) < 4.78 is 29.5.